The minimum atomic E-state index is -3.86. The van der Waals surface area contributed by atoms with Crippen LogP contribution in [0.1, 0.15) is 0 Å². The molecule has 0 saturated heterocycles. The number of nitrogens with zero attached hydrogens (tertiary/aromatic N) is 2. The van der Waals surface area contributed by atoms with E-state index < -0.39 is 15.8 Å². The van der Waals surface area contributed by atoms with Crippen molar-refractivity contribution in [3.8, 4) is 17.1 Å². The van der Waals surface area contributed by atoms with E-state index in [0.717, 1.165) is 34.7 Å². The van der Waals surface area contributed by atoms with Gasteiger partial charge in [-0.1, -0.05) is 48.5 Å². The van der Waals surface area contributed by atoms with E-state index in [9.17, 15) is 12.8 Å². The fourth-order valence-electron chi connectivity index (χ4n) is 3.59. The first-order valence-electron chi connectivity index (χ1n) is 9.93. The first-order valence-corrected chi connectivity index (χ1v) is 11.4. The van der Waals surface area contributed by atoms with Crippen LogP contribution in [0.2, 0.25) is 0 Å². The van der Waals surface area contributed by atoms with Crippen molar-refractivity contribution in [2.24, 2.45) is 0 Å². The predicted molar refractivity (Wildman–Crippen MR) is 124 cm³/mol. The van der Waals surface area contributed by atoms with Crippen molar-refractivity contribution in [2.75, 3.05) is 4.72 Å². The Morgan fingerprint density at radius 1 is 0.781 bits per heavy atom. The Kier molecular flexibility index (Phi) is 4.95. The van der Waals surface area contributed by atoms with Crippen LogP contribution in [0, 0.1) is 5.82 Å². The van der Waals surface area contributed by atoms with Crippen molar-refractivity contribution >= 4 is 26.7 Å². The molecule has 0 spiro atoms. The van der Waals surface area contributed by atoms with Crippen LogP contribution in [0.5, 0.6) is 0 Å². The van der Waals surface area contributed by atoms with Gasteiger partial charge in [0, 0.05) is 11.3 Å². The number of anilines is 1. The number of halogens is 1. The number of nitrogens with one attached hydrogen (secondary N) is 1. The van der Waals surface area contributed by atoms with Gasteiger partial charge in [-0.2, -0.15) is 0 Å². The average molecular weight is 444 g/mol. The number of aromatic nitrogens is 2. The number of fused-ring (bicyclic) bond motifs is 1. The van der Waals surface area contributed by atoms with Gasteiger partial charge in [-0.3, -0.25) is 9.29 Å². The Bertz CT molecular complexity index is 1500. The molecule has 7 heteroatoms. The van der Waals surface area contributed by atoms with Crippen molar-refractivity contribution in [3.05, 3.63) is 109 Å². The van der Waals surface area contributed by atoms with E-state index in [-0.39, 0.29) is 4.90 Å². The van der Waals surface area contributed by atoms with Crippen LogP contribution >= 0.6 is 0 Å². The highest BCUT2D eigenvalue weighted by atomic mass is 32.2. The Hall–Kier alpha value is -3.97. The third-order valence-corrected chi connectivity index (χ3v) is 6.47. The van der Waals surface area contributed by atoms with E-state index in [1.807, 2.05) is 71.3 Å². The molecule has 158 valence electrons. The second-order valence-electron chi connectivity index (χ2n) is 7.24. The highest BCUT2D eigenvalue weighted by Gasteiger charge is 2.17. The van der Waals surface area contributed by atoms with Gasteiger partial charge in [0.05, 0.1) is 21.6 Å². The fraction of sp³-hybridized carbons (Fsp3) is 0. The van der Waals surface area contributed by atoms with Crippen molar-refractivity contribution < 1.29 is 12.8 Å². The molecule has 0 amide bonds. The molecule has 32 heavy (non-hydrogen) atoms. The van der Waals surface area contributed by atoms with E-state index in [4.69, 9.17) is 4.98 Å². The highest BCUT2D eigenvalue weighted by Crippen LogP contribution is 2.30. The summed E-state index contributed by atoms with van der Waals surface area (Å²) < 4.78 is 43.2. The minimum Gasteiger partial charge on any atom is -0.292 e. The highest BCUT2D eigenvalue weighted by molar-refractivity contribution is 7.92. The van der Waals surface area contributed by atoms with Gasteiger partial charge in [-0.05, 0) is 54.6 Å². The quantitative estimate of drug-likeness (QED) is 0.383. The lowest BCUT2D eigenvalue weighted by atomic mass is 10.2. The molecule has 0 saturated carbocycles. The van der Waals surface area contributed by atoms with Crippen molar-refractivity contribution in [2.45, 2.75) is 4.90 Å². The van der Waals surface area contributed by atoms with Gasteiger partial charge >= 0.3 is 0 Å². The number of para-hydroxylation sites is 1. The van der Waals surface area contributed by atoms with Crippen LogP contribution in [0.3, 0.4) is 0 Å². The summed E-state index contributed by atoms with van der Waals surface area (Å²) in [7, 11) is -3.86. The molecule has 0 aliphatic carbocycles. The third kappa shape index (κ3) is 3.74. The molecule has 0 unspecified atom stereocenters. The number of imidazole rings is 1. The van der Waals surface area contributed by atoms with Gasteiger partial charge in [-0.15, -0.1) is 0 Å². The summed E-state index contributed by atoms with van der Waals surface area (Å²) in [6, 6.07) is 29.6. The zero-order valence-corrected chi connectivity index (χ0v) is 17.6. The molecule has 5 aromatic rings. The summed E-state index contributed by atoms with van der Waals surface area (Å²) in [5.41, 5.74) is 3.76. The maximum absolute atomic E-state index is 13.2. The maximum Gasteiger partial charge on any atom is 0.261 e. The molecule has 0 atom stereocenters. The van der Waals surface area contributed by atoms with Crippen molar-refractivity contribution in [3.63, 3.8) is 0 Å². The standard InChI is InChI=1S/C25H18FN3O2S/c26-19-11-14-22(15-12-19)32(30,31)28-20-13-16-24-23(17-20)27-25(18-7-3-1-4-8-18)29(24)21-9-5-2-6-10-21/h1-17,28H. The minimum absolute atomic E-state index is 0.0150. The molecular weight excluding hydrogens is 425 g/mol. The summed E-state index contributed by atoms with van der Waals surface area (Å²) in [6.45, 7) is 0. The molecule has 1 aromatic heterocycles. The molecule has 5 nitrogen and oxygen atoms in total. The lowest BCUT2D eigenvalue weighted by molar-refractivity contribution is 0.599. The normalized spacial score (nSPS) is 11.5. The largest absolute Gasteiger partial charge is 0.292 e. The van der Waals surface area contributed by atoms with Gasteiger partial charge in [-0.25, -0.2) is 17.8 Å². The number of rotatable bonds is 5. The Morgan fingerprint density at radius 2 is 1.44 bits per heavy atom. The molecule has 0 aliphatic rings. The summed E-state index contributed by atoms with van der Waals surface area (Å²) >= 11 is 0. The lowest BCUT2D eigenvalue weighted by Crippen LogP contribution is -2.12. The third-order valence-electron chi connectivity index (χ3n) is 5.08. The molecule has 1 N–H and O–H groups in total. The monoisotopic (exact) mass is 443 g/mol. The Morgan fingerprint density at radius 3 is 2.12 bits per heavy atom. The van der Waals surface area contributed by atoms with E-state index >= 15 is 0 Å². The van der Waals surface area contributed by atoms with Crippen LogP contribution in [-0.4, -0.2) is 18.0 Å². The van der Waals surface area contributed by atoms with Gasteiger partial charge in [0.15, 0.2) is 0 Å². The predicted octanol–water partition coefficient (Wildman–Crippen LogP) is 5.63. The summed E-state index contributed by atoms with van der Waals surface area (Å²) in [5, 5.41) is 0. The second-order valence-corrected chi connectivity index (χ2v) is 8.92. The van der Waals surface area contributed by atoms with Crippen LogP contribution in [0.4, 0.5) is 10.1 Å². The topological polar surface area (TPSA) is 64.0 Å². The van der Waals surface area contributed by atoms with Crippen LogP contribution < -0.4 is 4.72 Å². The summed E-state index contributed by atoms with van der Waals surface area (Å²) in [5.74, 6) is 0.260. The molecular formula is C25H18FN3O2S. The molecule has 1 heterocycles. The lowest BCUT2D eigenvalue weighted by Gasteiger charge is -2.10. The number of benzene rings is 4. The van der Waals surface area contributed by atoms with Crippen LogP contribution in [0.25, 0.3) is 28.1 Å². The SMILES string of the molecule is O=S(=O)(Nc1ccc2c(c1)nc(-c1ccccc1)n2-c1ccccc1)c1ccc(F)cc1. The first-order chi connectivity index (χ1) is 15.5. The molecule has 0 bridgehead atoms. The van der Waals surface area contributed by atoms with Gasteiger partial charge in [0.2, 0.25) is 0 Å². The molecule has 4 aromatic carbocycles. The van der Waals surface area contributed by atoms with Crippen LogP contribution in [0.15, 0.2) is 108 Å². The van der Waals surface area contributed by atoms with E-state index in [1.165, 1.54) is 12.1 Å². The molecule has 0 radical (unpaired) electrons. The summed E-state index contributed by atoms with van der Waals surface area (Å²) in [6.07, 6.45) is 0. The molecule has 0 aliphatic heterocycles. The van der Waals surface area contributed by atoms with Crippen molar-refractivity contribution in [1.82, 2.24) is 9.55 Å². The fourth-order valence-corrected chi connectivity index (χ4v) is 4.64. The number of hydrogen-bond donors (Lipinski definition) is 1. The van der Waals surface area contributed by atoms with Gasteiger partial charge < -0.3 is 0 Å². The smallest absolute Gasteiger partial charge is 0.261 e. The Balaban J connectivity index is 1.61. The van der Waals surface area contributed by atoms with Crippen LogP contribution in [-0.2, 0) is 10.0 Å². The van der Waals surface area contributed by atoms with Gasteiger partial charge in [0.1, 0.15) is 11.6 Å². The Labute approximate surface area is 184 Å². The molecule has 0 fully saturated rings. The van der Waals surface area contributed by atoms with E-state index in [1.54, 1.807) is 12.1 Å². The van der Waals surface area contributed by atoms with E-state index in [0.29, 0.717) is 11.2 Å². The number of sulfonamides is 1. The van der Waals surface area contributed by atoms with E-state index in [2.05, 4.69) is 4.72 Å². The maximum atomic E-state index is 13.2. The first kappa shape index (κ1) is 20.0. The number of hydrogen-bond acceptors (Lipinski definition) is 3. The zero-order valence-electron chi connectivity index (χ0n) is 16.8. The zero-order chi connectivity index (χ0) is 22.1. The molecule has 5 rings (SSSR count). The van der Waals surface area contributed by atoms with Crippen molar-refractivity contribution in [1.29, 1.82) is 0 Å². The van der Waals surface area contributed by atoms with Gasteiger partial charge in [0.25, 0.3) is 10.0 Å². The average Bonchev–Trinajstić information content (AvgIpc) is 3.19. The summed E-state index contributed by atoms with van der Waals surface area (Å²) in [4.78, 5) is 4.80. The second kappa shape index (κ2) is 7.94.